The van der Waals surface area contributed by atoms with Crippen LogP contribution in [0.2, 0.25) is 0 Å². The van der Waals surface area contributed by atoms with Gasteiger partial charge in [-0.25, -0.2) is 9.98 Å². The SMILES string of the molecule is O=C(CCCCCCC(=O)NCCCC(=O)CCCCCNC(=O)CCCC[C@@H]1SC[C@@H]2NC(NC(=O)C(F)(F)F)=N[C@@H]21)CCCC[C@@H]1SC[C@@H]2NC(NC(=O)C(F)(F)F)=N[C@@H]21. The van der Waals surface area contributed by atoms with Crippen LogP contribution in [0.1, 0.15) is 128 Å². The van der Waals surface area contributed by atoms with Crippen LogP contribution in [0.3, 0.4) is 0 Å². The van der Waals surface area contributed by atoms with Crippen LogP contribution < -0.4 is 31.9 Å². The first-order valence-electron chi connectivity index (χ1n) is 21.7. The number of alkyl halides is 6. The topological polar surface area (TPSA) is 199 Å². The number of nitrogens with zero attached hydrogens (tertiary/aromatic N) is 2. The highest BCUT2D eigenvalue weighted by Gasteiger charge is 2.45. The van der Waals surface area contributed by atoms with Crippen molar-refractivity contribution in [1.29, 1.82) is 0 Å². The van der Waals surface area contributed by atoms with Crippen LogP contribution in [0.4, 0.5) is 26.3 Å². The van der Waals surface area contributed by atoms with Gasteiger partial charge in [0.15, 0.2) is 11.9 Å². The Balaban J connectivity index is 0.880. The summed E-state index contributed by atoms with van der Waals surface area (Å²) in [6.45, 7) is 0.968. The minimum absolute atomic E-state index is 0.0464. The number of fused-ring (bicyclic) bond motifs is 2. The fraction of sp³-hybridized carbons (Fsp3) is 0.800. The summed E-state index contributed by atoms with van der Waals surface area (Å²) in [7, 11) is 0. The van der Waals surface area contributed by atoms with Crippen molar-refractivity contribution >= 4 is 70.6 Å². The van der Waals surface area contributed by atoms with Crippen molar-refractivity contribution in [2.24, 2.45) is 9.98 Å². The molecule has 62 heavy (non-hydrogen) atoms. The van der Waals surface area contributed by atoms with Crippen LogP contribution in [-0.2, 0) is 28.8 Å². The number of Topliss-reactive ketones (excluding diaryl/α,β-unsaturated/α-hetero) is 2. The molecule has 350 valence electrons. The molecule has 0 aromatic heterocycles. The summed E-state index contributed by atoms with van der Waals surface area (Å²) >= 11 is 3.39. The minimum atomic E-state index is -4.98. The van der Waals surface area contributed by atoms with Gasteiger partial charge in [0.1, 0.15) is 11.6 Å². The zero-order chi connectivity index (χ0) is 45.1. The maximum atomic E-state index is 12.5. The molecule has 0 aromatic rings. The van der Waals surface area contributed by atoms with Gasteiger partial charge in [-0.2, -0.15) is 49.9 Å². The number of unbranched alkanes of at least 4 members (excludes halogenated alkanes) is 7. The molecular weight excluding hydrogens is 867 g/mol. The maximum absolute atomic E-state index is 12.5. The Bertz CT molecular complexity index is 1490. The van der Waals surface area contributed by atoms with Crippen molar-refractivity contribution in [1.82, 2.24) is 31.9 Å². The van der Waals surface area contributed by atoms with Gasteiger partial charge in [-0.1, -0.05) is 32.1 Å². The largest absolute Gasteiger partial charge is 0.471 e. The highest BCUT2D eigenvalue weighted by atomic mass is 32.2. The normalized spacial score (nSPS) is 22.7. The third kappa shape index (κ3) is 18.3. The standard InChI is InChI=1S/C40H60F6N8O6S2/c41-39(42,43)35(59)53-37-49-27-23-61-29(33(27)51-37)17-8-7-15-25(55)13-4-1-2-6-19-31(57)48-22-12-16-26(56)14-5-3-11-21-47-32(58)20-10-9-18-30-34-28(24-62-30)50-38(52-34)54-36(60)40(44,45)46/h27-30,33-34H,1-24H2,(H,47,58)(H,48,57)(H2,49,51,53,59)(H2,50,52,54,60)/t27-,28-,29-,30-,33-,34-/m0/s1. The van der Waals surface area contributed by atoms with Crippen molar-refractivity contribution in [3.63, 3.8) is 0 Å². The number of carbonyl (C=O) groups is 6. The summed E-state index contributed by atoms with van der Waals surface area (Å²) in [6, 6.07) is -0.653. The number of thioether (sulfide) groups is 2. The summed E-state index contributed by atoms with van der Waals surface area (Å²) in [5.41, 5.74) is 0. The maximum Gasteiger partial charge on any atom is 0.471 e. The first kappa shape index (κ1) is 51.1. The number of rotatable bonds is 27. The van der Waals surface area contributed by atoms with Crippen molar-refractivity contribution in [2.75, 3.05) is 24.6 Å². The number of aliphatic imine (C=N–C) groups is 2. The average molecular weight is 927 g/mol. The van der Waals surface area contributed by atoms with E-state index in [1.807, 2.05) is 0 Å². The van der Waals surface area contributed by atoms with Crippen LogP contribution in [0.5, 0.6) is 0 Å². The van der Waals surface area contributed by atoms with Crippen LogP contribution >= 0.6 is 23.5 Å². The lowest BCUT2D eigenvalue weighted by Gasteiger charge is -2.14. The Labute approximate surface area is 366 Å². The fourth-order valence-corrected chi connectivity index (χ4v) is 10.8. The molecule has 4 aliphatic rings. The lowest BCUT2D eigenvalue weighted by molar-refractivity contribution is -0.172. The molecule has 4 rings (SSSR count). The molecule has 0 aliphatic carbocycles. The molecule has 6 N–H and O–H groups in total. The van der Waals surface area contributed by atoms with E-state index in [2.05, 4.69) is 31.3 Å². The van der Waals surface area contributed by atoms with Gasteiger partial charge in [-0.15, -0.1) is 0 Å². The minimum Gasteiger partial charge on any atom is -0.356 e. The number of hydrogen-bond donors (Lipinski definition) is 6. The second kappa shape index (κ2) is 25.7. The lowest BCUT2D eigenvalue weighted by Crippen LogP contribution is -2.47. The predicted octanol–water partition coefficient (Wildman–Crippen LogP) is 5.14. The third-order valence-corrected chi connectivity index (χ3v) is 14.1. The molecule has 0 saturated carbocycles. The molecule has 0 aromatic carbocycles. The molecule has 22 heteroatoms. The van der Waals surface area contributed by atoms with E-state index in [9.17, 15) is 55.1 Å². The van der Waals surface area contributed by atoms with Crippen molar-refractivity contribution < 1.29 is 55.1 Å². The van der Waals surface area contributed by atoms with Gasteiger partial charge in [-0.3, -0.25) is 39.4 Å². The molecular formula is C40H60F6N8O6S2. The average Bonchev–Trinajstić information content (AvgIpc) is 3.98. The van der Waals surface area contributed by atoms with E-state index in [-0.39, 0.29) is 70.0 Å². The zero-order valence-electron chi connectivity index (χ0n) is 34.9. The first-order valence-corrected chi connectivity index (χ1v) is 23.8. The summed E-state index contributed by atoms with van der Waals surface area (Å²) in [6.07, 6.45) is 3.23. The van der Waals surface area contributed by atoms with Gasteiger partial charge in [0.25, 0.3) is 0 Å². The van der Waals surface area contributed by atoms with Gasteiger partial charge in [0, 0.05) is 73.6 Å². The second-order valence-corrected chi connectivity index (χ2v) is 18.7. The molecule has 2 saturated heterocycles. The van der Waals surface area contributed by atoms with Crippen molar-refractivity contribution in [3.8, 4) is 0 Å². The first-order chi connectivity index (χ1) is 29.5. The molecule has 0 radical (unpaired) electrons. The smallest absolute Gasteiger partial charge is 0.356 e. The summed E-state index contributed by atoms with van der Waals surface area (Å²) in [5, 5.41) is 15.3. The number of amides is 4. The molecule has 4 amide bonds. The van der Waals surface area contributed by atoms with E-state index >= 15 is 0 Å². The predicted molar refractivity (Wildman–Crippen MR) is 226 cm³/mol. The summed E-state index contributed by atoms with van der Waals surface area (Å²) in [4.78, 5) is 79.9. The molecule has 2 fully saturated rings. The number of halogens is 6. The van der Waals surface area contributed by atoms with Gasteiger partial charge in [0.05, 0.1) is 24.2 Å². The highest BCUT2D eigenvalue weighted by molar-refractivity contribution is 8.00. The van der Waals surface area contributed by atoms with Gasteiger partial charge in [0.2, 0.25) is 11.8 Å². The molecule has 0 bridgehead atoms. The van der Waals surface area contributed by atoms with E-state index in [1.165, 1.54) is 0 Å². The Kier molecular flexibility index (Phi) is 21.1. The van der Waals surface area contributed by atoms with Gasteiger partial charge in [-0.05, 0) is 57.8 Å². The van der Waals surface area contributed by atoms with E-state index in [1.54, 1.807) is 34.2 Å². The summed E-state index contributed by atoms with van der Waals surface area (Å²) < 4.78 is 75.2. The van der Waals surface area contributed by atoms with Gasteiger partial charge >= 0.3 is 24.2 Å². The van der Waals surface area contributed by atoms with Crippen LogP contribution in [-0.4, -0.2) is 119 Å². The van der Waals surface area contributed by atoms with Crippen LogP contribution in [0, 0.1) is 0 Å². The Morgan fingerprint density at radius 3 is 1.34 bits per heavy atom. The van der Waals surface area contributed by atoms with E-state index < -0.39 is 24.2 Å². The molecule has 4 aliphatic heterocycles. The number of guanidine groups is 2. The number of carbonyl (C=O) groups excluding carboxylic acids is 6. The van der Waals surface area contributed by atoms with Crippen LogP contribution in [0.15, 0.2) is 9.98 Å². The summed E-state index contributed by atoms with van der Waals surface area (Å²) in [5.74, 6) is -2.77. The molecule has 0 spiro atoms. The van der Waals surface area contributed by atoms with E-state index in [0.29, 0.717) is 76.0 Å². The van der Waals surface area contributed by atoms with Crippen molar-refractivity contribution in [3.05, 3.63) is 0 Å². The second-order valence-electron chi connectivity index (χ2n) is 16.2. The van der Waals surface area contributed by atoms with E-state index in [0.717, 1.165) is 77.0 Å². The molecule has 6 atom stereocenters. The van der Waals surface area contributed by atoms with Crippen molar-refractivity contribution in [2.45, 2.75) is 175 Å². The van der Waals surface area contributed by atoms with E-state index in [4.69, 9.17) is 0 Å². The third-order valence-electron chi connectivity index (χ3n) is 11.1. The molecule has 4 heterocycles. The fourth-order valence-electron chi connectivity index (χ4n) is 7.74. The Morgan fingerprint density at radius 2 is 0.887 bits per heavy atom. The number of nitrogens with one attached hydrogen (secondary N) is 6. The molecule has 14 nitrogen and oxygen atoms in total. The Morgan fingerprint density at radius 1 is 0.516 bits per heavy atom. The number of hydrogen-bond acceptors (Lipinski definition) is 12. The molecule has 0 unspecified atom stereocenters. The monoisotopic (exact) mass is 926 g/mol. The lowest BCUT2D eigenvalue weighted by atomic mass is 10.0. The quantitative estimate of drug-likeness (QED) is 0.0474. The Hall–Kier alpha value is -3.56. The van der Waals surface area contributed by atoms with Gasteiger partial charge < -0.3 is 21.3 Å². The highest BCUT2D eigenvalue weighted by Crippen LogP contribution is 2.36. The zero-order valence-corrected chi connectivity index (χ0v) is 36.5. The van der Waals surface area contributed by atoms with Crippen LogP contribution in [0.25, 0.3) is 0 Å². The number of ketones is 2.